The van der Waals surface area contributed by atoms with Gasteiger partial charge in [0.05, 0.1) is 117 Å². The van der Waals surface area contributed by atoms with Gasteiger partial charge in [-0.2, -0.15) is 4.99 Å². The topological polar surface area (TPSA) is 417 Å². The lowest BCUT2D eigenvalue weighted by Crippen LogP contribution is -2.16. The molecule has 0 unspecified atom stereocenters. The molecule has 25 nitrogen and oxygen atoms in total. The Labute approximate surface area is 797 Å². The zero-order valence-corrected chi connectivity index (χ0v) is 80.3. The third-order valence-corrected chi connectivity index (χ3v) is 25.4. The standard InChI is InChI=1S/C19H18Cl2N6O3S2.C11H11ClN4S.C11H12ClNO.C10H8ClNS.C9H10ClN.C8H7BrClNO.C8H8Cl2N2O3S.C6H5BrClN/c20-13-8-12(32(23,29)30)4-5-15(13)24-17(28)9-31-19-26-25-18(22)27(19)16-6-3-11(7-14(16)21)10-1-2-10;12-8-5-7(6-1-2-6)3-4-9(8)16-10(13)14-15-11(16)17;1-7(14)13-11-5-4-9(6-10(11)12)8-2-3-8;11-9-5-8(7-1-2-7)3-4-10(9)12-6-13;10-8-5-7(6-1-2-6)3-4-9(8)11;1-5(12)11-8-3-2-6(9)4-7(8)10;9-4-8(13)12-7-2-1-5(3-6(7)10)16(11,14)15;7-4-1-2-6(9)5(8)3-4/h3-8,10H,1-2,9H2,(H2,22,25)(H,24,28)(H2,23,29,30);3-6H,1-2H2,(H2,13,14)(H,15,17);4-6,8H,2-3H2,1H3,(H,13,14);3-5,7H,1-2H2;3-6H,1-2,11H2;2-4H,1H3,(H,11,12);1-3H,4H2,(H,12,13)(H2,11,14,15);1-3H,9H2. The van der Waals surface area contributed by atoms with Crippen LogP contribution in [0.15, 0.2) is 193 Å². The van der Waals surface area contributed by atoms with Gasteiger partial charge in [0.2, 0.25) is 60.3 Å². The molecule has 0 aliphatic heterocycles. The second-order valence-electron chi connectivity index (χ2n) is 28.2. The molecule has 5 saturated carbocycles. The van der Waals surface area contributed by atoms with Crippen LogP contribution in [0.1, 0.15) is 135 Å². The number of hydrogen-bond acceptors (Lipinski definition) is 19. The van der Waals surface area contributed by atoms with E-state index in [4.69, 9.17) is 161 Å². The summed E-state index contributed by atoms with van der Waals surface area (Å²) in [5.41, 5.74) is 34.4. The number of thiocarbonyl (C=S) groups is 1. The van der Waals surface area contributed by atoms with E-state index in [1.165, 1.54) is 123 Å². The molecule has 16 rings (SSSR count). The van der Waals surface area contributed by atoms with Gasteiger partial charge in [-0.3, -0.25) is 28.3 Å². The molecule has 654 valence electrons. The summed E-state index contributed by atoms with van der Waals surface area (Å²) >= 11 is 76.5. The minimum absolute atomic E-state index is 0.0246. The number of nitrogens with zero attached hydrogens (tertiary/aromatic N) is 6. The van der Waals surface area contributed by atoms with E-state index in [9.17, 15) is 36.0 Å². The number of benzene rings is 9. The Morgan fingerprint density at radius 1 is 0.468 bits per heavy atom. The number of alkyl halides is 1. The van der Waals surface area contributed by atoms with Crippen LogP contribution in [0.2, 0.25) is 45.2 Å². The molecule has 5 aliphatic carbocycles. The lowest BCUT2D eigenvalue weighted by molar-refractivity contribution is -0.115. The summed E-state index contributed by atoms with van der Waals surface area (Å²) in [5.74, 6) is 2.60. The molecule has 5 aliphatic rings. The van der Waals surface area contributed by atoms with Crippen LogP contribution in [0.3, 0.4) is 0 Å². The minimum Gasteiger partial charge on any atom is -0.398 e. The van der Waals surface area contributed by atoms with Crippen LogP contribution in [-0.2, 0) is 39.2 Å². The normalized spacial score (nSPS) is 13.5. The van der Waals surface area contributed by atoms with Gasteiger partial charge in [-0.1, -0.05) is 178 Å². The van der Waals surface area contributed by atoms with Gasteiger partial charge in [0.15, 0.2) is 5.16 Å². The first-order valence-corrected chi connectivity index (χ1v) is 47.7. The van der Waals surface area contributed by atoms with Crippen LogP contribution < -0.4 is 54.5 Å². The van der Waals surface area contributed by atoms with Gasteiger partial charge in [0, 0.05) is 22.8 Å². The molecule has 4 amide bonds. The largest absolute Gasteiger partial charge is 0.398 e. The van der Waals surface area contributed by atoms with E-state index >= 15 is 0 Å². The lowest BCUT2D eigenvalue weighted by Gasteiger charge is -2.12. The van der Waals surface area contributed by atoms with Crippen molar-refractivity contribution in [1.82, 2.24) is 29.5 Å². The summed E-state index contributed by atoms with van der Waals surface area (Å²) in [7, 11) is -7.69. The number of thioether (sulfide) groups is 1. The Balaban J connectivity index is 0.000000166. The number of aromatic nitrogens is 6. The predicted octanol–water partition coefficient (Wildman–Crippen LogP) is 23.3. The van der Waals surface area contributed by atoms with Crippen molar-refractivity contribution in [2.45, 2.75) is 123 Å². The van der Waals surface area contributed by atoms with Crippen molar-refractivity contribution in [3.63, 3.8) is 0 Å². The first-order chi connectivity index (χ1) is 58.7. The lowest BCUT2D eigenvalue weighted by atomic mass is 10.1. The van der Waals surface area contributed by atoms with Crippen molar-refractivity contribution in [3.8, 4) is 11.4 Å². The molecular formula is C82H79Br2Cl10N17O8S5. The molecule has 17 N–H and O–H groups in total. The van der Waals surface area contributed by atoms with Crippen LogP contribution in [0.4, 0.5) is 51.7 Å². The number of carbonyl (C=O) groups is 4. The van der Waals surface area contributed by atoms with E-state index in [-0.39, 0.29) is 66.5 Å². The van der Waals surface area contributed by atoms with Crippen LogP contribution in [0.5, 0.6) is 0 Å². The fourth-order valence-corrected chi connectivity index (χ4v) is 16.7. The smallest absolute Gasteiger partial charge is 0.239 e. The third-order valence-electron chi connectivity index (χ3n) is 18.2. The number of isothiocyanates is 1. The fraction of sp³-hybridized carbons (Fsp3) is 0.232. The highest BCUT2D eigenvalue weighted by Crippen LogP contribution is 2.46. The molecule has 42 heteroatoms. The zero-order valence-electron chi connectivity index (χ0n) is 65.5. The van der Waals surface area contributed by atoms with Crippen LogP contribution >= 0.6 is 184 Å². The number of carbonyl (C=O) groups excluding carboxylic acids is 4. The molecule has 0 atom stereocenters. The Kier molecular flexibility index (Phi) is 37.5. The maximum absolute atomic E-state index is 12.4. The molecule has 2 heterocycles. The van der Waals surface area contributed by atoms with Gasteiger partial charge >= 0.3 is 0 Å². The number of H-pyrrole nitrogens is 1. The second kappa shape index (κ2) is 46.4. The third kappa shape index (κ3) is 31.4. The average molecular weight is 2110 g/mol. The fourth-order valence-electron chi connectivity index (χ4n) is 11.3. The molecule has 124 heavy (non-hydrogen) atoms. The van der Waals surface area contributed by atoms with Gasteiger partial charge < -0.3 is 44.2 Å². The van der Waals surface area contributed by atoms with Gasteiger partial charge in [-0.25, -0.2) is 32.2 Å². The Morgan fingerprint density at radius 2 is 0.823 bits per heavy atom. The number of halogens is 12. The summed E-state index contributed by atoms with van der Waals surface area (Å²) in [6.07, 6.45) is 12.5. The van der Waals surface area contributed by atoms with Crippen molar-refractivity contribution in [2.24, 2.45) is 15.3 Å². The number of sulfonamides is 2. The first kappa shape index (κ1) is 100. The van der Waals surface area contributed by atoms with E-state index < -0.39 is 26.0 Å². The summed E-state index contributed by atoms with van der Waals surface area (Å²) in [6, 6.07) is 47.7. The molecule has 0 saturated heterocycles. The quantitative estimate of drug-likeness (QED) is 0.0125. The van der Waals surface area contributed by atoms with Gasteiger partial charge in [0.25, 0.3) is 0 Å². The zero-order chi connectivity index (χ0) is 90.6. The molecular weight excluding hydrogens is 2030 g/mol. The van der Waals surface area contributed by atoms with Crippen molar-refractivity contribution in [3.05, 3.63) is 251 Å². The molecule has 0 radical (unpaired) electrons. The molecule has 0 bridgehead atoms. The highest BCUT2D eigenvalue weighted by atomic mass is 79.9. The number of rotatable bonds is 18. The summed E-state index contributed by atoms with van der Waals surface area (Å²) in [5, 5.41) is 41.9. The Morgan fingerprint density at radius 3 is 1.19 bits per heavy atom. The summed E-state index contributed by atoms with van der Waals surface area (Å²) in [4.78, 5) is 48.5. The van der Waals surface area contributed by atoms with Gasteiger partial charge in [0.1, 0.15) is 5.88 Å². The van der Waals surface area contributed by atoms with E-state index in [0.717, 1.165) is 57.1 Å². The number of hydrogen-bond donors (Lipinski definition) is 11. The maximum atomic E-state index is 12.4. The summed E-state index contributed by atoms with van der Waals surface area (Å²) < 4.78 is 50.3. The molecule has 0 spiro atoms. The maximum Gasteiger partial charge on any atom is 0.239 e. The van der Waals surface area contributed by atoms with Crippen molar-refractivity contribution in [2.75, 3.05) is 55.8 Å². The highest BCUT2D eigenvalue weighted by molar-refractivity contribution is 9.10. The van der Waals surface area contributed by atoms with Crippen molar-refractivity contribution in [1.29, 1.82) is 0 Å². The minimum atomic E-state index is -3.90. The molecule has 9 aromatic carbocycles. The monoisotopic (exact) mass is 2100 g/mol. The number of aromatic amines is 1. The molecule has 11 aromatic rings. The Bertz CT molecular complexity index is 6120. The van der Waals surface area contributed by atoms with E-state index in [0.29, 0.717) is 103 Å². The summed E-state index contributed by atoms with van der Waals surface area (Å²) in [6.45, 7) is 2.92. The van der Waals surface area contributed by atoms with Crippen LogP contribution in [0, 0.1) is 4.77 Å². The van der Waals surface area contributed by atoms with E-state index in [1.54, 1.807) is 33.4 Å². The van der Waals surface area contributed by atoms with Crippen LogP contribution in [0.25, 0.3) is 11.4 Å². The second-order valence-corrected chi connectivity index (χ2v) is 38.6. The number of anilines is 8. The van der Waals surface area contributed by atoms with Gasteiger partial charge in [-0.15, -0.1) is 26.9 Å². The Hall–Kier alpha value is -7.61. The van der Waals surface area contributed by atoms with Crippen molar-refractivity contribution >= 4 is 285 Å². The van der Waals surface area contributed by atoms with Crippen molar-refractivity contribution < 1.29 is 36.0 Å². The predicted molar refractivity (Wildman–Crippen MR) is 518 cm³/mol. The number of nitrogens with two attached hydrogens (primary N) is 6. The number of nitrogens with one attached hydrogen (secondary N) is 5. The van der Waals surface area contributed by atoms with E-state index in [2.05, 4.69) is 114 Å². The first-order valence-electron chi connectivity index (χ1n) is 37.3. The number of aliphatic imine (C=N–C) groups is 1. The number of nitrogen functional groups attached to an aromatic ring is 4. The van der Waals surface area contributed by atoms with Gasteiger partial charge in [-0.05, 0) is 280 Å². The number of amides is 4. The highest BCUT2D eigenvalue weighted by Gasteiger charge is 2.29. The van der Waals surface area contributed by atoms with Crippen LogP contribution in [-0.4, -0.2) is 86.8 Å². The van der Waals surface area contributed by atoms with E-state index in [1.807, 2.05) is 84.9 Å². The average Bonchev–Trinajstić information content (AvgIpc) is 1.52. The molecule has 5 fully saturated rings. The number of primary sulfonamides is 2. The molecule has 2 aromatic heterocycles. The SMILES string of the molecule is CC(=O)Nc1ccc(Br)cc1Cl.CC(=O)Nc1ccc(C2CC2)cc1Cl.NS(=O)(=O)c1ccc(NC(=O)CCl)c(Cl)c1.Nc1ccc(Br)cc1Cl.Nc1ccc(C2CC2)cc1Cl.Nc1n[nH]c(=S)n1-c1ccc(C2CC2)cc1Cl.Nc1nnc(SCC(=O)Nc2ccc(S(N)(=O)=O)cc2Cl)n1-c1ccc(C2CC2)cc1Cl.S=C=Nc1ccc(C2CC2)cc1Cl.